The Morgan fingerprint density at radius 2 is 1.11 bits per heavy atom. The number of rotatable bonds is 4. The van der Waals surface area contributed by atoms with Crippen molar-refractivity contribution >= 4 is 0 Å². The summed E-state index contributed by atoms with van der Waals surface area (Å²) in [5.41, 5.74) is 0.0236. The highest BCUT2D eigenvalue weighted by atomic mass is 16.3. The standard InChI is InChI=1S/C16H28O2/c1-11(15(3,4)17)13-9-7-8-10-14(13)12(2)16(5,6)18/h13-14,17-18H,1-2,7-10H2,3-6H3/t13-,14-/m0/s1. The fraction of sp³-hybridized carbons (Fsp3) is 0.750. The fourth-order valence-corrected chi connectivity index (χ4v) is 2.87. The predicted molar refractivity (Wildman–Crippen MR) is 76.3 cm³/mol. The van der Waals surface area contributed by atoms with Crippen molar-refractivity contribution in [1.29, 1.82) is 0 Å². The van der Waals surface area contributed by atoms with Gasteiger partial charge in [0.15, 0.2) is 0 Å². The van der Waals surface area contributed by atoms with Crippen LogP contribution in [0.5, 0.6) is 0 Å². The van der Waals surface area contributed by atoms with Gasteiger partial charge >= 0.3 is 0 Å². The highest BCUT2D eigenvalue weighted by Gasteiger charge is 2.37. The van der Waals surface area contributed by atoms with Gasteiger partial charge in [-0.3, -0.25) is 0 Å². The van der Waals surface area contributed by atoms with E-state index in [9.17, 15) is 10.2 Å². The molecule has 1 aliphatic rings. The van der Waals surface area contributed by atoms with Crippen LogP contribution in [0, 0.1) is 11.8 Å². The summed E-state index contributed by atoms with van der Waals surface area (Å²) in [5.74, 6) is 0.468. The van der Waals surface area contributed by atoms with Gasteiger partial charge in [-0.25, -0.2) is 0 Å². The highest BCUT2D eigenvalue weighted by Crippen LogP contribution is 2.43. The minimum atomic E-state index is -0.861. The molecule has 1 saturated carbocycles. The predicted octanol–water partition coefficient (Wildman–Crippen LogP) is 3.45. The minimum Gasteiger partial charge on any atom is -0.386 e. The highest BCUT2D eigenvalue weighted by molar-refractivity contribution is 5.23. The van der Waals surface area contributed by atoms with Gasteiger partial charge in [0.2, 0.25) is 0 Å². The molecule has 0 aromatic heterocycles. The van der Waals surface area contributed by atoms with Crippen molar-refractivity contribution in [3.8, 4) is 0 Å². The van der Waals surface area contributed by atoms with Crippen LogP contribution >= 0.6 is 0 Å². The summed E-state index contributed by atoms with van der Waals surface area (Å²) in [7, 11) is 0. The molecular weight excluding hydrogens is 224 g/mol. The number of hydrogen-bond acceptors (Lipinski definition) is 2. The Balaban J connectivity index is 2.94. The summed E-state index contributed by atoms with van der Waals surface area (Å²) >= 11 is 0. The van der Waals surface area contributed by atoms with E-state index >= 15 is 0 Å². The van der Waals surface area contributed by atoms with E-state index in [0.717, 1.165) is 36.8 Å². The van der Waals surface area contributed by atoms with E-state index in [1.807, 2.05) is 0 Å². The van der Waals surface area contributed by atoms with Crippen LogP contribution in [-0.4, -0.2) is 21.4 Å². The molecule has 2 nitrogen and oxygen atoms in total. The van der Waals surface area contributed by atoms with Gasteiger partial charge in [-0.1, -0.05) is 26.0 Å². The van der Waals surface area contributed by atoms with E-state index in [1.54, 1.807) is 27.7 Å². The summed E-state index contributed by atoms with van der Waals surface area (Å²) < 4.78 is 0. The summed E-state index contributed by atoms with van der Waals surface area (Å²) in [5, 5.41) is 20.3. The van der Waals surface area contributed by atoms with E-state index in [-0.39, 0.29) is 11.8 Å². The summed E-state index contributed by atoms with van der Waals surface area (Å²) in [6.07, 6.45) is 4.38. The second-order valence-corrected chi connectivity index (χ2v) is 6.67. The Morgan fingerprint density at radius 1 is 0.833 bits per heavy atom. The molecule has 0 saturated heterocycles. The van der Waals surface area contributed by atoms with Crippen LogP contribution < -0.4 is 0 Å². The zero-order valence-corrected chi connectivity index (χ0v) is 12.3. The van der Waals surface area contributed by atoms with Crippen molar-refractivity contribution in [3.63, 3.8) is 0 Å². The molecular formula is C16H28O2. The van der Waals surface area contributed by atoms with E-state index in [0.29, 0.717) is 0 Å². The first-order chi connectivity index (χ1) is 8.05. The number of hydrogen-bond donors (Lipinski definition) is 2. The molecule has 0 aromatic carbocycles. The molecule has 0 amide bonds. The van der Waals surface area contributed by atoms with Gasteiger partial charge in [0.1, 0.15) is 0 Å². The van der Waals surface area contributed by atoms with Gasteiger partial charge in [-0.15, -0.1) is 0 Å². The van der Waals surface area contributed by atoms with Crippen molar-refractivity contribution in [2.45, 2.75) is 64.6 Å². The third-order valence-corrected chi connectivity index (χ3v) is 4.23. The minimum absolute atomic E-state index is 0.234. The normalized spacial score (nSPS) is 25.9. The van der Waals surface area contributed by atoms with Crippen LogP contribution in [0.25, 0.3) is 0 Å². The Hall–Kier alpha value is -0.600. The maximum Gasteiger partial charge on any atom is 0.0801 e. The summed E-state index contributed by atoms with van der Waals surface area (Å²) in [6, 6.07) is 0. The molecule has 0 radical (unpaired) electrons. The lowest BCUT2D eigenvalue weighted by atomic mass is 9.67. The molecule has 0 heterocycles. The second-order valence-electron chi connectivity index (χ2n) is 6.67. The van der Waals surface area contributed by atoms with Gasteiger partial charge in [0.25, 0.3) is 0 Å². The lowest BCUT2D eigenvalue weighted by Crippen LogP contribution is -2.37. The maximum absolute atomic E-state index is 10.1. The fourth-order valence-electron chi connectivity index (χ4n) is 2.87. The molecule has 1 aliphatic carbocycles. The van der Waals surface area contributed by atoms with Gasteiger partial charge in [0.05, 0.1) is 11.2 Å². The van der Waals surface area contributed by atoms with Crippen LogP contribution in [-0.2, 0) is 0 Å². The first-order valence-corrected chi connectivity index (χ1v) is 6.88. The molecule has 1 fully saturated rings. The van der Waals surface area contributed by atoms with Crippen LogP contribution in [0.15, 0.2) is 24.3 Å². The lowest BCUT2D eigenvalue weighted by molar-refractivity contribution is 0.0756. The number of aliphatic hydroxyl groups is 2. The van der Waals surface area contributed by atoms with Gasteiger partial charge in [-0.05, 0) is 63.5 Å². The van der Waals surface area contributed by atoms with Crippen molar-refractivity contribution in [3.05, 3.63) is 24.3 Å². The molecule has 18 heavy (non-hydrogen) atoms. The van der Waals surface area contributed by atoms with Crippen LogP contribution in [0.1, 0.15) is 53.4 Å². The first kappa shape index (κ1) is 15.5. The van der Waals surface area contributed by atoms with E-state index in [4.69, 9.17) is 0 Å². The van der Waals surface area contributed by atoms with Crippen molar-refractivity contribution < 1.29 is 10.2 Å². The molecule has 104 valence electrons. The largest absolute Gasteiger partial charge is 0.386 e. The molecule has 0 aromatic rings. The Labute approximate surface area is 111 Å². The Bertz CT molecular complexity index is 294. The van der Waals surface area contributed by atoms with E-state index < -0.39 is 11.2 Å². The Morgan fingerprint density at radius 3 is 1.33 bits per heavy atom. The van der Waals surface area contributed by atoms with E-state index in [2.05, 4.69) is 13.2 Å². The molecule has 2 heteroatoms. The maximum atomic E-state index is 10.1. The zero-order chi connectivity index (χ0) is 14.1. The quantitative estimate of drug-likeness (QED) is 0.752. The summed E-state index contributed by atoms with van der Waals surface area (Å²) in [6.45, 7) is 15.3. The average Bonchev–Trinajstić information content (AvgIpc) is 2.24. The summed E-state index contributed by atoms with van der Waals surface area (Å²) in [4.78, 5) is 0. The van der Waals surface area contributed by atoms with Gasteiger partial charge in [-0.2, -0.15) is 0 Å². The topological polar surface area (TPSA) is 40.5 Å². The average molecular weight is 252 g/mol. The van der Waals surface area contributed by atoms with E-state index in [1.165, 1.54) is 0 Å². The molecule has 0 unspecified atom stereocenters. The third-order valence-electron chi connectivity index (χ3n) is 4.23. The zero-order valence-electron chi connectivity index (χ0n) is 12.3. The van der Waals surface area contributed by atoms with Crippen LogP contribution in [0.2, 0.25) is 0 Å². The second kappa shape index (κ2) is 5.18. The SMILES string of the molecule is C=C([C@@H]1CCCC[C@H]1C(=C)C(C)(C)O)C(C)(C)O. The molecule has 2 atom stereocenters. The molecule has 1 rings (SSSR count). The molecule has 0 bridgehead atoms. The molecule has 0 spiro atoms. The smallest absolute Gasteiger partial charge is 0.0801 e. The lowest BCUT2D eigenvalue weighted by Gasteiger charge is -2.41. The van der Waals surface area contributed by atoms with Crippen molar-refractivity contribution in [2.75, 3.05) is 0 Å². The Kier molecular flexibility index (Phi) is 4.45. The molecule has 0 aliphatic heterocycles. The van der Waals surface area contributed by atoms with Crippen molar-refractivity contribution in [2.24, 2.45) is 11.8 Å². The van der Waals surface area contributed by atoms with Gasteiger partial charge < -0.3 is 10.2 Å². The van der Waals surface area contributed by atoms with Gasteiger partial charge in [0, 0.05) is 0 Å². The van der Waals surface area contributed by atoms with Crippen LogP contribution in [0.3, 0.4) is 0 Å². The van der Waals surface area contributed by atoms with Crippen molar-refractivity contribution in [1.82, 2.24) is 0 Å². The first-order valence-electron chi connectivity index (χ1n) is 6.88. The monoisotopic (exact) mass is 252 g/mol. The molecule has 2 N–H and O–H groups in total. The third kappa shape index (κ3) is 3.46. The van der Waals surface area contributed by atoms with Crippen LogP contribution in [0.4, 0.5) is 0 Å².